The molecule has 1 aliphatic rings. The smallest absolute Gasteiger partial charge is 0.0450 e. The van der Waals surface area contributed by atoms with Gasteiger partial charge in [-0.05, 0) is 39.7 Å². The highest BCUT2D eigenvalue weighted by Crippen LogP contribution is 2.29. The van der Waals surface area contributed by atoms with Crippen LogP contribution in [0.25, 0.3) is 0 Å². The number of hydrogen-bond acceptors (Lipinski definition) is 3. The van der Waals surface area contributed by atoms with Crippen molar-refractivity contribution in [3.8, 4) is 0 Å². The molecule has 0 radical (unpaired) electrons. The zero-order valence-electron chi connectivity index (χ0n) is 11.9. The Kier molecular flexibility index (Phi) is 4.23. The summed E-state index contributed by atoms with van der Waals surface area (Å²) in [6, 6.07) is 2.82. The summed E-state index contributed by atoms with van der Waals surface area (Å²) in [5, 5.41) is 0. The molecule has 1 fully saturated rings. The minimum Gasteiger partial charge on any atom is -0.368 e. The molecule has 1 unspecified atom stereocenters. The van der Waals surface area contributed by atoms with Gasteiger partial charge in [0.05, 0.1) is 0 Å². The summed E-state index contributed by atoms with van der Waals surface area (Å²) in [5.74, 6) is 0. The number of aromatic nitrogens is 1. The molecule has 0 spiro atoms. The molecule has 1 aromatic heterocycles. The molecule has 3 nitrogen and oxygen atoms in total. The Morgan fingerprint density at radius 1 is 1.33 bits per heavy atom. The first kappa shape index (κ1) is 13.3. The zero-order valence-corrected chi connectivity index (χ0v) is 11.9. The average Bonchev–Trinajstić information content (AvgIpc) is 2.53. The lowest BCUT2D eigenvalue weighted by Gasteiger charge is -2.32. The standard InChI is InChI=1S/C15H25N3/c1-11-9-15(14(10-16)13(3)17-11)18-8-6-4-5-7-12(18)2/h9,12H,4-8,10,16H2,1-3H3. The van der Waals surface area contributed by atoms with Crippen LogP contribution in [0.1, 0.15) is 49.6 Å². The van der Waals surface area contributed by atoms with E-state index in [9.17, 15) is 0 Å². The fourth-order valence-electron chi connectivity index (χ4n) is 2.98. The Morgan fingerprint density at radius 2 is 2.11 bits per heavy atom. The Morgan fingerprint density at radius 3 is 2.83 bits per heavy atom. The maximum atomic E-state index is 5.93. The van der Waals surface area contributed by atoms with E-state index < -0.39 is 0 Å². The van der Waals surface area contributed by atoms with Crippen molar-refractivity contribution in [3.63, 3.8) is 0 Å². The summed E-state index contributed by atoms with van der Waals surface area (Å²) in [4.78, 5) is 7.08. The summed E-state index contributed by atoms with van der Waals surface area (Å²) in [7, 11) is 0. The normalized spacial score (nSPS) is 20.9. The van der Waals surface area contributed by atoms with Crippen LogP contribution in [0.4, 0.5) is 5.69 Å². The maximum Gasteiger partial charge on any atom is 0.0450 e. The molecule has 100 valence electrons. The average molecular weight is 247 g/mol. The van der Waals surface area contributed by atoms with Gasteiger partial charge in [-0.25, -0.2) is 0 Å². The van der Waals surface area contributed by atoms with Crippen LogP contribution in [0.5, 0.6) is 0 Å². The van der Waals surface area contributed by atoms with Gasteiger partial charge in [-0.2, -0.15) is 0 Å². The molecule has 1 aliphatic heterocycles. The predicted octanol–water partition coefficient (Wildman–Crippen LogP) is 2.93. The molecule has 0 amide bonds. The van der Waals surface area contributed by atoms with Crippen molar-refractivity contribution in [2.75, 3.05) is 11.4 Å². The topological polar surface area (TPSA) is 42.1 Å². The van der Waals surface area contributed by atoms with E-state index in [1.54, 1.807) is 0 Å². The second kappa shape index (κ2) is 5.70. The first-order chi connectivity index (χ1) is 8.63. The van der Waals surface area contributed by atoms with Crippen molar-refractivity contribution in [3.05, 3.63) is 23.0 Å². The van der Waals surface area contributed by atoms with Crippen LogP contribution in [-0.2, 0) is 6.54 Å². The molecule has 2 N–H and O–H groups in total. The van der Waals surface area contributed by atoms with Gasteiger partial charge in [0.25, 0.3) is 0 Å². The highest BCUT2D eigenvalue weighted by atomic mass is 15.2. The van der Waals surface area contributed by atoms with Gasteiger partial charge in [0, 0.05) is 41.8 Å². The van der Waals surface area contributed by atoms with Crippen molar-refractivity contribution in [2.24, 2.45) is 5.73 Å². The minimum absolute atomic E-state index is 0.581. The monoisotopic (exact) mass is 247 g/mol. The summed E-state index contributed by atoms with van der Waals surface area (Å²) in [6.45, 7) is 8.20. The first-order valence-electron chi connectivity index (χ1n) is 7.07. The number of rotatable bonds is 2. The second-order valence-electron chi connectivity index (χ2n) is 5.44. The molecule has 0 saturated carbocycles. The quantitative estimate of drug-likeness (QED) is 0.873. The Balaban J connectivity index is 2.41. The van der Waals surface area contributed by atoms with Crippen molar-refractivity contribution in [1.29, 1.82) is 0 Å². The summed E-state index contributed by atoms with van der Waals surface area (Å²) >= 11 is 0. The fraction of sp³-hybridized carbons (Fsp3) is 0.667. The second-order valence-corrected chi connectivity index (χ2v) is 5.44. The molecule has 0 aliphatic carbocycles. The number of nitrogens with two attached hydrogens (primary N) is 1. The molecule has 1 saturated heterocycles. The van der Waals surface area contributed by atoms with E-state index in [-0.39, 0.29) is 0 Å². The van der Waals surface area contributed by atoms with Crippen LogP contribution in [0, 0.1) is 13.8 Å². The lowest BCUT2D eigenvalue weighted by molar-refractivity contribution is 0.613. The Bertz CT molecular complexity index is 414. The van der Waals surface area contributed by atoms with Crippen molar-refractivity contribution in [2.45, 2.75) is 59.0 Å². The van der Waals surface area contributed by atoms with Gasteiger partial charge in [-0.1, -0.05) is 12.8 Å². The fourth-order valence-corrected chi connectivity index (χ4v) is 2.98. The van der Waals surface area contributed by atoms with Crippen molar-refractivity contribution >= 4 is 5.69 Å². The van der Waals surface area contributed by atoms with Crippen LogP contribution in [0.3, 0.4) is 0 Å². The molecule has 2 heterocycles. The SMILES string of the molecule is Cc1cc(N2CCCCCC2C)c(CN)c(C)n1. The number of anilines is 1. The molecule has 0 bridgehead atoms. The number of aryl methyl sites for hydroxylation is 2. The predicted molar refractivity (Wildman–Crippen MR) is 76.9 cm³/mol. The van der Waals surface area contributed by atoms with Gasteiger partial charge in [-0.3, -0.25) is 4.98 Å². The van der Waals surface area contributed by atoms with Crippen molar-refractivity contribution in [1.82, 2.24) is 4.98 Å². The number of hydrogen-bond donors (Lipinski definition) is 1. The lowest BCUT2D eigenvalue weighted by Crippen LogP contribution is -2.34. The third-order valence-corrected chi connectivity index (χ3v) is 4.00. The van der Waals surface area contributed by atoms with E-state index in [4.69, 9.17) is 5.73 Å². The Hall–Kier alpha value is -1.09. The van der Waals surface area contributed by atoms with Crippen LogP contribution < -0.4 is 10.6 Å². The van der Waals surface area contributed by atoms with Gasteiger partial charge in [0.1, 0.15) is 0 Å². The van der Waals surface area contributed by atoms with Crippen LogP contribution in [-0.4, -0.2) is 17.6 Å². The van der Waals surface area contributed by atoms with Gasteiger partial charge < -0.3 is 10.6 Å². The molecule has 0 aromatic carbocycles. The van der Waals surface area contributed by atoms with E-state index in [0.29, 0.717) is 12.6 Å². The molecule has 1 aromatic rings. The highest BCUT2D eigenvalue weighted by molar-refractivity contribution is 5.56. The first-order valence-corrected chi connectivity index (χ1v) is 7.07. The molecule has 3 heteroatoms. The number of pyridine rings is 1. The lowest BCUT2D eigenvalue weighted by atomic mass is 10.1. The molecular formula is C15H25N3. The Labute approximate surface area is 110 Å². The van der Waals surface area contributed by atoms with Gasteiger partial charge in [0.15, 0.2) is 0 Å². The largest absolute Gasteiger partial charge is 0.368 e. The van der Waals surface area contributed by atoms with Crippen molar-refractivity contribution < 1.29 is 0 Å². The van der Waals surface area contributed by atoms with E-state index in [1.165, 1.54) is 36.9 Å². The van der Waals surface area contributed by atoms with Crippen LogP contribution in [0.15, 0.2) is 6.07 Å². The summed E-state index contributed by atoms with van der Waals surface area (Å²) < 4.78 is 0. The third-order valence-electron chi connectivity index (χ3n) is 4.00. The molecule has 1 atom stereocenters. The van der Waals surface area contributed by atoms with Gasteiger partial charge in [0.2, 0.25) is 0 Å². The van der Waals surface area contributed by atoms with E-state index in [1.807, 2.05) is 0 Å². The van der Waals surface area contributed by atoms with Crippen LogP contribution >= 0.6 is 0 Å². The maximum absolute atomic E-state index is 5.93. The molecular weight excluding hydrogens is 222 g/mol. The highest BCUT2D eigenvalue weighted by Gasteiger charge is 2.20. The summed E-state index contributed by atoms with van der Waals surface area (Å²) in [6.07, 6.45) is 5.26. The molecule has 18 heavy (non-hydrogen) atoms. The van der Waals surface area contributed by atoms with E-state index >= 15 is 0 Å². The zero-order chi connectivity index (χ0) is 13.1. The third kappa shape index (κ3) is 2.66. The summed E-state index contributed by atoms with van der Waals surface area (Å²) in [5.41, 5.74) is 10.6. The minimum atomic E-state index is 0.581. The van der Waals surface area contributed by atoms with E-state index in [0.717, 1.165) is 17.9 Å². The number of nitrogens with zero attached hydrogens (tertiary/aromatic N) is 2. The van der Waals surface area contributed by atoms with Gasteiger partial charge in [-0.15, -0.1) is 0 Å². The van der Waals surface area contributed by atoms with E-state index in [2.05, 4.69) is 36.7 Å². The van der Waals surface area contributed by atoms with Gasteiger partial charge >= 0.3 is 0 Å². The van der Waals surface area contributed by atoms with Crippen LogP contribution in [0.2, 0.25) is 0 Å². The molecule has 2 rings (SSSR count).